The van der Waals surface area contributed by atoms with Gasteiger partial charge in [-0.25, -0.2) is 0 Å². The minimum absolute atomic E-state index is 0.279. The van der Waals surface area contributed by atoms with E-state index >= 15 is 0 Å². The van der Waals surface area contributed by atoms with Gasteiger partial charge in [-0.1, -0.05) is 67.6 Å². The molecule has 1 aliphatic rings. The van der Waals surface area contributed by atoms with Gasteiger partial charge in [-0.15, -0.1) is 0 Å². The molecule has 0 aliphatic carbocycles. The molecular formula is C21H28N2. The summed E-state index contributed by atoms with van der Waals surface area (Å²) in [4.78, 5) is 2.60. The van der Waals surface area contributed by atoms with Gasteiger partial charge in [0.2, 0.25) is 0 Å². The van der Waals surface area contributed by atoms with Crippen molar-refractivity contribution in [1.29, 1.82) is 0 Å². The van der Waals surface area contributed by atoms with Crippen molar-refractivity contribution < 1.29 is 0 Å². The molecule has 1 aliphatic heterocycles. The van der Waals surface area contributed by atoms with Crippen molar-refractivity contribution in [3.8, 4) is 0 Å². The lowest BCUT2D eigenvalue weighted by Crippen LogP contribution is -2.38. The van der Waals surface area contributed by atoms with E-state index in [1.54, 1.807) is 0 Å². The van der Waals surface area contributed by atoms with Crippen molar-refractivity contribution in [3.63, 3.8) is 0 Å². The zero-order valence-electron chi connectivity index (χ0n) is 14.1. The van der Waals surface area contributed by atoms with Crippen LogP contribution in [0.5, 0.6) is 0 Å². The summed E-state index contributed by atoms with van der Waals surface area (Å²) >= 11 is 0. The van der Waals surface area contributed by atoms with Gasteiger partial charge in [0.25, 0.3) is 0 Å². The van der Waals surface area contributed by atoms with Gasteiger partial charge >= 0.3 is 0 Å². The third-order valence-corrected chi connectivity index (χ3v) is 4.92. The molecule has 2 aromatic rings. The summed E-state index contributed by atoms with van der Waals surface area (Å²) in [5, 5.41) is 3.77. The molecule has 0 aromatic heterocycles. The lowest BCUT2D eigenvalue weighted by atomic mass is 9.98. The Balaban J connectivity index is 1.61. The molecule has 1 N–H and O–H groups in total. The first kappa shape index (κ1) is 16.2. The van der Waals surface area contributed by atoms with E-state index in [0.717, 1.165) is 19.0 Å². The van der Waals surface area contributed by atoms with Crippen molar-refractivity contribution in [2.45, 2.75) is 25.8 Å². The lowest BCUT2D eigenvalue weighted by Gasteiger charge is -2.31. The van der Waals surface area contributed by atoms with Gasteiger partial charge in [-0.05, 0) is 43.0 Å². The second kappa shape index (κ2) is 8.28. The Bertz CT molecular complexity index is 519. The second-order valence-electron chi connectivity index (χ2n) is 6.73. The number of rotatable bonds is 6. The third kappa shape index (κ3) is 4.66. The molecular weight excluding hydrogens is 280 g/mol. The van der Waals surface area contributed by atoms with E-state index in [0.29, 0.717) is 0 Å². The predicted octanol–water partition coefficient (Wildman–Crippen LogP) is 4.10. The summed E-state index contributed by atoms with van der Waals surface area (Å²) in [6.45, 7) is 7.05. The molecule has 0 saturated carbocycles. The van der Waals surface area contributed by atoms with Gasteiger partial charge in [0.05, 0.1) is 6.04 Å². The van der Waals surface area contributed by atoms with Crippen LogP contribution in [0, 0.1) is 5.92 Å². The first-order chi connectivity index (χ1) is 11.3. The Labute approximate surface area is 140 Å². The van der Waals surface area contributed by atoms with Gasteiger partial charge in [0.1, 0.15) is 0 Å². The minimum atomic E-state index is 0.279. The first-order valence-corrected chi connectivity index (χ1v) is 8.88. The largest absolute Gasteiger partial charge is 0.305 e. The molecule has 2 aromatic carbocycles. The van der Waals surface area contributed by atoms with E-state index in [1.807, 2.05) is 0 Å². The molecule has 1 heterocycles. The van der Waals surface area contributed by atoms with E-state index in [4.69, 9.17) is 0 Å². The van der Waals surface area contributed by atoms with Gasteiger partial charge < -0.3 is 10.2 Å². The average molecular weight is 308 g/mol. The first-order valence-electron chi connectivity index (χ1n) is 8.88. The Hall–Kier alpha value is -1.64. The van der Waals surface area contributed by atoms with Crippen molar-refractivity contribution in [2.75, 3.05) is 26.2 Å². The summed E-state index contributed by atoms with van der Waals surface area (Å²) in [5.41, 5.74) is 2.68. The van der Waals surface area contributed by atoms with Crippen LogP contribution in [0.2, 0.25) is 0 Å². The molecule has 122 valence electrons. The molecule has 0 radical (unpaired) electrons. The standard InChI is InChI=1S/C21H28N2/c1-18-12-15-23(16-13-18)17-14-22-21(19-8-4-2-5-9-19)20-10-6-3-7-11-20/h2-11,18,21-22H,12-17H2,1H3. The fraction of sp³-hybridized carbons (Fsp3) is 0.429. The summed E-state index contributed by atoms with van der Waals surface area (Å²) in [6, 6.07) is 21.8. The highest BCUT2D eigenvalue weighted by Gasteiger charge is 2.17. The van der Waals surface area contributed by atoms with Crippen LogP contribution in [-0.2, 0) is 0 Å². The number of nitrogens with zero attached hydrogens (tertiary/aromatic N) is 1. The number of hydrogen-bond acceptors (Lipinski definition) is 2. The number of nitrogens with one attached hydrogen (secondary N) is 1. The normalized spacial score (nSPS) is 16.8. The predicted molar refractivity (Wildman–Crippen MR) is 97.6 cm³/mol. The Kier molecular flexibility index (Phi) is 5.84. The molecule has 0 bridgehead atoms. The zero-order valence-corrected chi connectivity index (χ0v) is 14.1. The highest BCUT2D eigenvalue weighted by Crippen LogP contribution is 2.21. The van der Waals surface area contributed by atoms with Gasteiger partial charge in [-0.2, -0.15) is 0 Å². The van der Waals surface area contributed by atoms with Crippen molar-refractivity contribution in [1.82, 2.24) is 10.2 Å². The van der Waals surface area contributed by atoms with E-state index in [9.17, 15) is 0 Å². The lowest BCUT2D eigenvalue weighted by molar-refractivity contribution is 0.192. The second-order valence-corrected chi connectivity index (χ2v) is 6.73. The van der Waals surface area contributed by atoms with Gasteiger partial charge in [0, 0.05) is 13.1 Å². The van der Waals surface area contributed by atoms with Crippen LogP contribution >= 0.6 is 0 Å². The Morgan fingerprint density at radius 3 is 1.96 bits per heavy atom. The third-order valence-electron chi connectivity index (χ3n) is 4.92. The topological polar surface area (TPSA) is 15.3 Å². The average Bonchev–Trinajstić information content (AvgIpc) is 2.62. The van der Waals surface area contributed by atoms with E-state index < -0.39 is 0 Å². The van der Waals surface area contributed by atoms with Crippen LogP contribution in [0.25, 0.3) is 0 Å². The molecule has 0 amide bonds. The van der Waals surface area contributed by atoms with Crippen LogP contribution in [0.1, 0.15) is 36.9 Å². The molecule has 1 fully saturated rings. The summed E-state index contributed by atoms with van der Waals surface area (Å²) in [6.07, 6.45) is 2.70. The Morgan fingerprint density at radius 2 is 1.43 bits per heavy atom. The molecule has 0 spiro atoms. The fourth-order valence-electron chi connectivity index (χ4n) is 3.37. The monoisotopic (exact) mass is 308 g/mol. The quantitative estimate of drug-likeness (QED) is 0.864. The molecule has 2 heteroatoms. The van der Waals surface area contributed by atoms with Crippen molar-refractivity contribution in [2.24, 2.45) is 5.92 Å². The van der Waals surface area contributed by atoms with Crippen LogP contribution in [-0.4, -0.2) is 31.1 Å². The summed E-state index contributed by atoms with van der Waals surface area (Å²) in [7, 11) is 0. The van der Waals surface area contributed by atoms with E-state index in [2.05, 4.69) is 77.8 Å². The van der Waals surface area contributed by atoms with Crippen LogP contribution in [0.15, 0.2) is 60.7 Å². The summed E-state index contributed by atoms with van der Waals surface area (Å²) < 4.78 is 0. The number of piperidine rings is 1. The highest BCUT2D eigenvalue weighted by atomic mass is 15.1. The molecule has 23 heavy (non-hydrogen) atoms. The number of likely N-dealkylation sites (tertiary alicyclic amines) is 1. The molecule has 3 rings (SSSR count). The number of hydrogen-bond donors (Lipinski definition) is 1. The van der Waals surface area contributed by atoms with Crippen LogP contribution in [0.3, 0.4) is 0 Å². The smallest absolute Gasteiger partial charge is 0.0577 e. The number of benzene rings is 2. The fourth-order valence-corrected chi connectivity index (χ4v) is 3.37. The zero-order chi connectivity index (χ0) is 15.9. The summed E-state index contributed by atoms with van der Waals surface area (Å²) in [5.74, 6) is 0.903. The van der Waals surface area contributed by atoms with E-state index in [-0.39, 0.29) is 6.04 Å². The SMILES string of the molecule is CC1CCN(CCNC(c2ccccc2)c2ccccc2)CC1. The Morgan fingerprint density at radius 1 is 0.913 bits per heavy atom. The minimum Gasteiger partial charge on any atom is -0.305 e. The van der Waals surface area contributed by atoms with E-state index in [1.165, 1.54) is 37.1 Å². The maximum atomic E-state index is 3.77. The maximum absolute atomic E-state index is 3.77. The molecule has 0 atom stereocenters. The van der Waals surface area contributed by atoms with Gasteiger partial charge in [0.15, 0.2) is 0 Å². The van der Waals surface area contributed by atoms with Crippen molar-refractivity contribution >= 4 is 0 Å². The molecule has 2 nitrogen and oxygen atoms in total. The highest BCUT2D eigenvalue weighted by molar-refractivity contribution is 5.31. The van der Waals surface area contributed by atoms with Crippen LogP contribution in [0.4, 0.5) is 0 Å². The van der Waals surface area contributed by atoms with Crippen molar-refractivity contribution in [3.05, 3.63) is 71.8 Å². The van der Waals surface area contributed by atoms with Crippen LogP contribution < -0.4 is 5.32 Å². The van der Waals surface area contributed by atoms with Gasteiger partial charge in [-0.3, -0.25) is 0 Å². The molecule has 0 unspecified atom stereocenters. The maximum Gasteiger partial charge on any atom is 0.0577 e. The molecule has 1 saturated heterocycles.